The molecular weight excluding hydrogens is 697 g/mol. The van der Waals surface area contributed by atoms with E-state index >= 15 is 0 Å². The molecule has 0 spiro atoms. The van der Waals surface area contributed by atoms with E-state index in [1.54, 1.807) is 12.0 Å². The van der Waals surface area contributed by atoms with Gasteiger partial charge in [0.2, 0.25) is 0 Å². The van der Waals surface area contributed by atoms with Crippen LogP contribution in [0.15, 0.2) is 66.7 Å². The zero-order chi connectivity index (χ0) is 37.8. The maximum absolute atomic E-state index is 13.1. The molecule has 1 saturated heterocycles. The van der Waals surface area contributed by atoms with Crippen LogP contribution in [0.4, 0.5) is 10.5 Å². The van der Waals surface area contributed by atoms with Crippen molar-refractivity contribution in [2.75, 3.05) is 64.3 Å². The van der Waals surface area contributed by atoms with Crippen molar-refractivity contribution in [2.24, 2.45) is 0 Å². The quantitative estimate of drug-likeness (QED) is 0.105. The van der Waals surface area contributed by atoms with Gasteiger partial charge in [-0.1, -0.05) is 42.5 Å². The van der Waals surface area contributed by atoms with Crippen LogP contribution in [0.1, 0.15) is 74.6 Å². The number of nitrogens with zero attached hydrogens (tertiary/aromatic N) is 2. The highest BCUT2D eigenvalue weighted by atomic mass is 32.2. The molecule has 1 amide bonds. The maximum Gasteiger partial charge on any atom is 0.410 e. The molecule has 53 heavy (non-hydrogen) atoms. The van der Waals surface area contributed by atoms with E-state index in [2.05, 4.69) is 35.2 Å². The Kier molecular flexibility index (Phi) is 14.4. The van der Waals surface area contributed by atoms with E-state index in [9.17, 15) is 13.2 Å². The van der Waals surface area contributed by atoms with Crippen LogP contribution in [0.3, 0.4) is 0 Å². The molecule has 290 valence electrons. The number of para-hydroxylation sites is 1. The number of carbonyl (C=O) groups is 1. The lowest BCUT2D eigenvalue weighted by atomic mass is 9.87. The van der Waals surface area contributed by atoms with Crippen LogP contribution in [0.25, 0.3) is 0 Å². The molecule has 0 saturated carbocycles. The second-order valence-electron chi connectivity index (χ2n) is 14.7. The maximum atomic E-state index is 13.1. The first-order valence-electron chi connectivity index (χ1n) is 18.6. The Morgan fingerprint density at radius 1 is 0.925 bits per heavy atom. The highest BCUT2D eigenvalue weighted by Gasteiger charge is 2.35. The molecule has 0 radical (unpaired) electrons. The van der Waals surface area contributed by atoms with E-state index in [0.29, 0.717) is 52.5 Å². The zero-order valence-electron chi connectivity index (χ0n) is 31.9. The summed E-state index contributed by atoms with van der Waals surface area (Å²) in [5, 5.41) is 0. The van der Waals surface area contributed by atoms with Crippen LogP contribution >= 0.6 is 0 Å². The molecule has 0 aliphatic carbocycles. The number of anilines is 1. The molecule has 5 rings (SSSR count). The van der Waals surface area contributed by atoms with Crippen molar-refractivity contribution in [1.82, 2.24) is 4.90 Å². The smallest absolute Gasteiger partial charge is 0.410 e. The number of fused-ring (bicyclic) bond motifs is 1. The van der Waals surface area contributed by atoms with E-state index < -0.39 is 15.7 Å². The molecule has 12 heteroatoms. The molecule has 11 nitrogen and oxygen atoms in total. The topological polar surface area (TPSA) is 113 Å². The Hall–Kier alpha value is -3.84. The van der Waals surface area contributed by atoms with Gasteiger partial charge < -0.3 is 33.5 Å². The highest BCUT2D eigenvalue weighted by molar-refractivity contribution is 7.85. The third kappa shape index (κ3) is 12.6. The van der Waals surface area contributed by atoms with Crippen molar-refractivity contribution >= 4 is 21.9 Å². The molecule has 1 fully saturated rings. The van der Waals surface area contributed by atoms with Crippen LogP contribution in [0, 0.1) is 0 Å². The lowest BCUT2D eigenvalue weighted by Crippen LogP contribution is -2.48. The van der Waals surface area contributed by atoms with E-state index in [1.807, 2.05) is 57.2 Å². The van der Waals surface area contributed by atoms with Crippen molar-refractivity contribution in [3.63, 3.8) is 0 Å². The molecule has 2 atom stereocenters. The van der Waals surface area contributed by atoms with Crippen LogP contribution in [-0.2, 0) is 48.1 Å². The monoisotopic (exact) mass is 752 g/mol. The number of benzene rings is 3. The van der Waals surface area contributed by atoms with Crippen LogP contribution in [-0.4, -0.2) is 90.5 Å². The van der Waals surface area contributed by atoms with Gasteiger partial charge in [-0.05, 0) is 87.4 Å². The van der Waals surface area contributed by atoms with E-state index in [0.717, 1.165) is 72.4 Å². The fourth-order valence-electron chi connectivity index (χ4n) is 6.81. The predicted molar refractivity (Wildman–Crippen MR) is 205 cm³/mol. The molecule has 2 unspecified atom stereocenters. The summed E-state index contributed by atoms with van der Waals surface area (Å²) < 4.78 is 57.4. The summed E-state index contributed by atoms with van der Waals surface area (Å²) >= 11 is 0. The van der Waals surface area contributed by atoms with Gasteiger partial charge >= 0.3 is 6.09 Å². The fraction of sp³-hybridized carbons (Fsp3) is 0.537. The molecule has 0 N–H and O–H groups in total. The minimum absolute atomic E-state index is 0.0788. The lowest BCUT2D eigenvalue weighted by Gasteiger charge is -2.39. The largest absolute Gasteiger partial charge is 0.496 e. The third-order valence-corrected chi connectivity index (χ3v) is 9.96. The number of carbonyl (C=O) groups excluding carboxylic acids is 1. The Morgan fingerprint density at radius 3 is 2.47 bits per heavy atom. The van der Waals surface area contributed by atoms with Gasteiger partial charge in [0.05, 0.1) is 59.0 Å². The van der Waals surface area contributed by atoms with Gasteiger partial charge in [-0.2, -0.15) is 8.42 Å². The number of likely N-dealkylation sites (tertiary alicyclic amines) is 1. The molecular formula is C41H56N2O9S. The Bertz CT molecular complexity index is 1730. The molecule has 3 aromatic carbocycles. The molecule has 2 aliphatic heterocycles. The summed E-state index contributed by atoms with van der Waals surface area (Å²) in [6.45, 7) is 10.4. The van der Waals surface area contributed by atoms with Crippen molar-refractivity contribution in [1.29, 1.82) is 0 Å². The molecule has 0 aromatic heterocycles. The third-order valence-electron chi connectivity index (χ3n) is 9.37. The normalized spacial score (nSPS) is 17.7. The minimum Gasteiger partial charge on any atom is -0.496 e. The predicted octanol–water partition coefficient (Wildman–Crippen LogP) is 7.11. The molecule has 3 aromatic rings. The average Bonchev–Trinajstić information content (AvgIpc) is 3.13. The number of aryl methyl sites for hydroxylation is 1. The Labute approximate surface area is 315 Å². The molecule has 2 aliphatic rings. The van der Waals surface area contributed by atoms with E-state index in [4.69, 9.17) is 27.9 Å². The first-order chi connectivity index (χ1) is 25.4. The summed E-state index contributed by atoms with van der Waals surface area (Å²) in [6.07, 6.45) is 4.65. The number of amides is 1. The average molecular weight is 753 g/mol. The van der Waals surface area contributed by atoms with Gasteiger partial charge in [0.1, 0.15) is 17.1 Å². The summed E-state index contributed by atoms with van der Waals surface area (Å²) in [5.41, 5.74) is 5.05. The van der Waals surface area contributed by atoms with Crippen molar-refractivity contribution in [3.8, 4) is 11.5 Å². The summed E-state index contributed by atoms with van der Waals surface area (Å²) in [7, 11) is -1.79. The number of hydrogen-bond donors (Lipinski definition) is 0. The second kappa shape index (κ2) is 19.0. The number of ether oxygens (including phenoxy) is 5. The summed E-state index contributed by atoms with van der Waals surface area (Å²) in [4.78, 5) is 17.2. The van der Waals surface area contributed by atoms with Gasteiger partial charge in [-0.3, -0.25) is 4.18 Å². The SMILES string of the molecule is COc1ccccc1COCCCOc1ccc(C2CCN(C(=O)OC(C)(C)C)CC2OCc2ccc3c(c2)N(CCCOS(C)(=O)=O)CCC3)cc1. The van der Waals surface area contributed by atoms with Gasteiger partial charge in [0.15, 0.2) is 0 Å². The van der Waals surface area contributed by atoms with Gasteiger partial charge in [-0.25, -0.2) is 4.79 Å². The molecule has 2 heterocycles. The van der Waals surface area contributed by atoms with Crippen molar-refractivity contribution < 1.29 is 41.1 Å². The molecule has 0 bridgehead atoms. The number of hydrogen-bond acceptors (Lipinski definition) is 10. The van der Waals surface area contributed by atoms with Gasteiger partial charge in [-0.15, -0.1) is 0 Å². The number of methoxy groups -OCH3 is 1. The fourth-order valence-corrected chi connectivity index (χ4v) is 7.23. The first kappa shape index (κ1) is 40.3. The Morgan fingerprint density at radius 2 is 1.72 bits per heavy atom. The van der Waals surface area contributed by atoms with Gasteiger partial charge in [0.25, 0.3) is 10.1 Å². The van der Waals surface area contributed by atoms with Crippen molar-refractivity contribution in [2.45, 2.75) is 83.7 Å². The number of piperidine rings is 1. The lowest BCUT2D eigenvalue weighted by molar-refractivity contribution is -0.0359. The summed E-state index contributed by atoms with van der Waals surface area (Å²) in [5.74, 6) is 1.70. The van der Waals surface area contributed by atoms with Crippen LogP contribution in [0.2, 0.25) is 0 Å². The van der Waals surface area contributed by atoms with Crippen LogP contribution in [0.5, 0.6) is 11.5 Å². The van der Waals surface area contributed by atoms with Gasteiger partial charge in [0, 0.05) is 43.2 Å². The van der Waals surface area contributed by atoms with Crippen molar-refractivity contribution in [3.05, 3.63) is 89.0 Å². The van der Waals surface area contributed by atoms with E-state index in [-0.39, 0.29) is 24.7 Å². The summed E-state index contributed by atoms with van der Waals surface area (Å²) in [6, 6.07) is 22.5. The Balaban J connectivity index is 1.19. The number of rotatable bonds is 17. The minimum atomic E-state index is -3.46. The first-order valence-corrected chi connectivity index (χ1v) is 20.4. The van der Waals surface area contributed by atoms with E-state index in [1.165, 1.54) is 5.56 Å². The highest BCUT2D eigenvalue weighted by Crippen LogP contribution is 2.34. The standard InChI is InChI=1S/C41H56N2O9S/c1-41(2,3)52-40(44)43-23-20-36(32-16-18-35(19-17-32)49-25-10-24-48-30-34-11-6-7-13-38(34)47-4)39(28-43)50-29-31-14-15-33-12-8-21-42(37(33)27-31)22-9-26-51-53(5,45)46/h6-7,11,13-19,27,36,39H,8-10,12,20-26,28-30H2,1-5H3. The van der Waals surface area contributed by atoms with Crippen LogP contribution < -0.4 is 14.4 Å². The second-order valence-corrected chi connectivity index (χ2v) is 16.4. The zero-order valence-corrected chi connectivity index (χ0v) is 32.7.